The van der Waals surface area contributed by atoms with Crippen molar-refractivity contribution in [2.75, 3.05) is 23.9 Å². The van der Waals surface area contributed by atoms with Gasteiger partial charge in [-0.1, -0.05) is 0 Å². The Labute approximate surface area is 94.6 Å². The molecule has 0 atom stereocenters. The minimum absolute atomic E-state index is 0.590. The van der Waals surface area contributed by atoms with E-state index in [2.05, 4.69) is 10.3 Å². The van der Waals surface area contributed by atoms with Gasteiger partial charge in [0, 0.05) is 6.04 Å². The van der Waals surface area contributed by atoms with Crippen LogP contribution in [0.5, 0.6) is 5.75 Å². The van der Waals surface area contributed by atoms with Crippen LogP contribution in [0.25, 0.3) is 0 Å². The van der Waals surface area contributed by atoms with Crippen LogP contribution in [-0.4, -0.2) is 29.6 Å². The molecule has 1 aromatic heterocycles. The summed E-state index contributed by atoms with van der Waals surface area (Å²) >= 11 is 2.03. The van der Waals surface area contributed by atoms with Crippen LogP contribution >= 0.6 is 11.8 Å². The topological polar surface area (TPSA) is 34.1 Å². The van der Waals surface area contributed by atoms with Crippen molar-refractivity contribution < 1.29 is 4.74 Å². The van der Waals surface area contributed by atoms with Crippen LogP contribution in [0.4, 0.5) is 5.82 Å². The van der Waals surface area contributed by atoms with E-state index >= 15 is 0 Å². The molecule has 3 nitrogen and oxygen atoms in total. The molecule has 15 heavy (non-hydrogen) atoms. The molecule has 0 radical (unpaired) electrons. The zero-order chi connectivity index (χ0) is 10.5. The maximum atomic E-state index is 5.07. The van der Waals surface area contributed by atoms with Crippen LogP contribution < -0.4 is 10.1 Å². The zero-order valence-corrected chi connectivity index (χ0v) is 9.72. The van der Waals surface area contributed by atoms with Gasteiger partial charge < -0.3 is 10.1 Å². The third kappa shape index (κ3) is 3.02. The van der Waals surface area contributed by atoms with Crippen LogP contribution in [0.1, 0.15) is 12.8 Å². The largest absolute Gasteiger partial charge is 0.495 e. The number of pyridine rings is 1. The first kappa shape index (κ1) is 10.6. The van der Waals surface area contributed by atoms with Gasteiger partial charge in [0.2, 0.25) is 0 Å². The van der Waals surface area contributed by atoms with Crippen molar-refractivity contribution in [1.29, 1.82) is 0 Å². The number of hydrogen-bond acceptors (Lipinski definition) is 4. The van der Waals surface area contributed by atoms with Crippen molar-refractivity contribution in [2.45, 2.75) is 18.9 Å². The number of aromatic nitrogens is 1. The zero-order valence-electron chi connectivity index (χ0n) is 8.90. The lowest BCUT2D eigenvalue weighted by Gasteiger charge is -2.22. The number of anilines is 1. The van der Waals surface area contributed by atoms with Gasteiger partial charge in [-0.05, 0) is 36.5 Å². The van der Waals surface area contributed by atoms with Crippen LogP contribution in [0, 0.1) is 0 Å². The Morgan fingerprint density at radius 1 is 1.40 bits per heavy atom. The molecule has 4 heteroatoms. The third-order valence-electron chi connectivity index (χ3n) is 2.55. The molecule has 82 valence electrons. The summed E-state index contributed by atoms with van der Waals surface area (Å²) in [4.78, 5) is 4.30. The lowest BCUT2D eigenvalue weighted by molar-refractivity contribution is 0.413. The number of thioether (sulfide) groups is 1. The van der Waals surface area contributed by atoms with Gasteiger partial charge in [0.25, 0.3) is 0 Å². The van der Waals surface area contributed by atoms with E-state index in [-0.39, 0.29) is 0 Å². The Hall–Kier alpha value is -0.900. The van der Waals surface area contributed by atoms with Crippen molar-refractivity contribution >= 4 is 17.6 Å². The first-order valence-electron chi connectivity index (χ1n) is 5.23. The number of methoxy groups -OCH3 is 1. The number of hydrogen-bond donors (Lipinski definition) is 1. The van der Waals surface area contributed by atoms with E-state index in [9.17, 15) is 0 Å². The van der Waals surface area contributed by atoms with Gasteiger partial charge in [-0.2, -0.15) is 11.8 Å². The summed E-state index contributed by atoms with van der Waals surface area (Å²) in [7, 11) is 1.66. The maximum Gasteiger partial charge on any atom is 0.137 e. The molecule has 1 aliphatic rings. The first-order chi connectivity index (χ1) is 7.38. The molecule has 0 aromatic carbocycles. The highest BCUT2D eigenvalue weighted by Crippen LogP contribution is 2.20. The highest BCUT2D eigenvalue weighted by atomic mass is 32.2. The van der Waals surface area contributed by atoms with Gasteiger partial charge >= 0.3 is 0 Å². The predicted octanol–water partition coefficient (Wildman–Crippen LogP) is 2.40. The van der Waals surface area contributed by atoms with Gasteiger partial charge in [0.1, 0.15) is 11.6 Å². The second-order valence-electron chi connectivity index (χ2n) is 3.61. The van der Waals surface area contributed by atoms with E-state index in [1.165, 1.54) is 24.3 Å². The van der Waals surface area contributed by atoms with Crippen molar-refractivity contribution in [3.63, 3.8) is 0 Å². The number of ether oxygens (including phenoxy) is 1. The summed E-state index contributed by atoms with van der Waals surface area (Å²) in [5, 5.41) is 3.45. The van der Waals surface area contributed by atoms with Gasteiger partial charge in [-0.15, -0.1) is 0 Å². The monoisotopic (exact) mass is 224 g/mol. The summed E-state index contributed by atoms with van der Waals surface area (Å²) in [6.07, 6.45) is 4.22. The van der Waals surface area contributed by atoms with Gasteiger partial charge in [-0.3, -0.25) is 0 Å². The Balaban J connectivity index is 1.91. The highest BCUT2D eigenvalue weighted by Gasteiger charge is 2.13. The molecular weight excluding hydrogens is 208 g/mol. The molecule has 0 bridgehead atoms. The van der Waals surface area contributed by atoms with Crippen molar-refractivity contribution in [1.82, 2.24) is 4.98 Å². The standard InChI is InChI=1S/C11H16N2OS/c1-14-10-2-3-11(12-8-10)13-9-4-6-15-7-5-9/h2-3,8-9H,4-7H2,1H3,(H,12,13). The number of rotatable bonds is 3. The van der Waals surface area contributed by atoms with Crippen LogP contribution in [0.3, 0.4) is 0 Å². The quantitative estimate of drug-likeness (QED) is 0.855. The van der Waals surface area contributed by atoms with E-state index in [0.29, 0.717) is 6.04 Å². The molecule has 0 spiro atoms. The van der Waals surface area contributed by atoms with Gasteiger partial charge in [0.05, 0.1) is 13.3 Å². The SMILES string of the molecule is COc1ccc(NC2CCSCC2)nc1. The average Bonchev–Trinajstić information content (AvgIpc) is 2.31. The van der Waals surface area contributed by atoms with Crippen LogP contribution in [-0.2, 0) is 0 Å². The molecule has 1 fully saturated rings. The van der Waals surface area contributed by atoms with Crippen LogP contribution in [0.15, 0.2) is 18.3 Å². The molecule has 1 aliphatic heterocycles. The molecule has 0 amide bonds. The van der Waals surface area contributed by atoms with E-state index in [4.69, 9.17) is 4.74 Å². The van der Waals surface area contributed by atoms with E-state index in [1.807, 2.05) is 23.9 Å². The third-order valence-corrected chi connectivity index (χ3v) is 3.59. The smallest absolute Gasteiger partial charge is 0.137 e. The number of nitrogens with one attached hydrogen (secondary N) is 1. The molecule has 2 rings (SSSR count). The molecule has 1 saturated heterocycles. The molecule has 0 unspecified atom stereocenters. The molecule has 1 N–H and O–H groups in total. The van der Waals surface area contributed by atoms with Crippen molar-refractivity contribution in [3.8, 4) is 5.75 Å². The molecule has 1 aromatic rings. The predicted molar refractivity (Wildman–Crippen MR) is 64.8 cm³/mol. The van der Waals surface area contributed by atoms with Gasteiger partial charge in [0.15, 0.2) is 0 Å². The van der Waals surface area contributed by atoms with E-state index < -0.39 is 0 Å². The molecular formula is C11H16N2OS. The Kier molecular flexibility index (Phi) is 3.72. The second kappa shape index (κ2) is 5.26. The molecule has 2 heterocycles. The fourth-order valence-corrected chi connectivity index (χ4v) is 2.74. The average molecular weight is 224 g/mol. The molecule has 0 aliphatic carbocycles. The van der Waals surface area contributed by atoms with E-state index in [1.54, 1.807) is 13.3 Å². The summed E-state index contributed by atoms with van der Waals surface area (Å²) in [5.74, 6) is 4.27. The lowest BCUT2D eigenvalue weighted by atomic mass is 10.1. The van der Waals surface area contributed by atoms with Crippen molar-refractivity contribution in [2.24, 2.45) is 0 Å². The summed E-state index contributed by atoms with van der Waals surface area (Å²) < 4.78 is 5.07. The summed E-state index contributed by atoms with van der Waals surface area (Å²) in [6, 6.07) is 4.50. The fourth-order valence-electron chi connectivity index (χ4n) is 1.64. The fraction of sp³-hybridized carbons (Fsp3) is 0.545. The van der Waals surface area contributed by atoms with Crippen LogP contribution in [0.2, 0.25) is 0 Å². The van der Waals surface area contributed by atoms with Crippen molar-refractivity contribution in [3.05, 3.63) is 18.3 Å². The normalized spacial score (nSPS) is 17.4. The minimum atomic E-state index is 0.590. The molecule has 0 saturated carbocycles. The first-order valence-corrected chi connectivity index (χ1v) is 6.38. The van der Waals surface area contributed by atoms with E-state index in [0.717, 1.165) is 11.6 Å². The lowest BCUT2D eigenvalue weighted by Crippen LogP contribution is -2.24. The Morgan fingerprint density at radius 2 is 2.20 bits per heavy atom. The summed E-state index contributed by atoms with van der Waals surface area (Å²) in [6.45, 7) is 0. The Bertz CT molecular complexity index is 296. The van der Waals surface area contributed by atoms with Gasteiger partial charge in [-0.25, -0.2) is 4.98 Å². The minimum Gasteiger partial charge on any atom is -0.495 e. The second-order valence-corrected chi connectivity index (χ2v) is 4.84. The Morgan fingerprint density at radius 3 is 2.80 bits per heavy atom. The number of nitrogens with zero attached hydrogens (tertiary/aromatic N) is 1. The summed E-state index contributed by atoms with van der Waals surface area (Å²) in [5.41, 5.74) is 0. The highest BCUT2D eigenvalue weighted by molar-refractivity contribution is 7.99. The maximum absolute atomic E-state index is 5.07.